The number of rotatable bonds is 4. The van der Waals surface area contributed by atoms with Crippen LogP contribution in [0.5, 0.6) is 0 Å². The quantitative estimate of drug-likeness (QED) is 0.740. The fourth-order valence-corrected chi connectivity index (χ4v) is 6.63. The molecular weight excluding hydrogens is 400 g/mol. The summed E-state index contributed by atoms with van der Waals surface area (Å²) in [5.41, 5.74) is 2.00. The monoisotopic (exact) mass is 432 g/mol. The normalized spacial score (nSPS) is 33.9. The second-order valence-corrected chi connectivity index (χ2v) is 10.2. The average Bonchev–Trinajstić information content (AvgIpc) is 3.34. The van der Waals surface area contributed by atoms with Gasteiger partial charge in [-0.2, -0.15) is 11.5 Å². The number of aryl methyl sites for hydroxylation is 2. The van der Waals surface area contributed by atoms with Crippen LogP contribution in [-0.2, 0) is 16.8 Å². The molecule has 7 nitrogen and oxygen atoms in total. The third-order valence-electron chi connectivity index (χ3n) is 8.59. The molecule has 3 aliphatic rings. The highest BCUT2D eigenvalue weighted by Crippen LogP contribution is 2.52. The minimum Gasteiger partial charge on any atom is -0.325 e. The summed E-state index contributed by atoms with van der Waals surface area (Å²) in [7, 11) is 0. The Morgan fingerprint density at radius 1 is 1.28 bits per heavy atom. The van der Waals surface area contributed by atoms with Gasteiger partial charge in [-0.3, -0.25) is 9.48 Å². The van der Waals surface area contributed by atoms with Gasteiger partial charge in [-0.25, -0.2) is 0 Å². The van der Waals surface area contributed by atoms with Crippen molar-refractivity contribution in [2.24, 2.45) is 23.7 Å². The Hall–Kier alpha value is -2.88. The number of benzene rings is 1. The lowest BCUT2D eigenvalue weighted by Gasteiger charge is -2.50. The maximum absolute atomic E-state index is 13.8. The van der Waals surface area contributed by atoms with Gasteiger partial charge in [0, 0.05) is 18.4 Å². The zero-order chi connectivity index (χ0) is 22.5. The highest BCUT2D eigenvalue weighted by molar-refractivity contribution is 6.07. The van der Waals surface area contributed by atoms with E-state index in [-0.39, 0.29) is 11.9 Å². The predicted molar refractivity (Wildman–Crippen MR) is 122 cm³/mol. The molecule has 1 aromatic heterocycles. The van der Waals surface area contributed by atoms with Crippen LogP contribution in [0.15, 0.2) is 30.5 Å². The standard InChI is InChI=1S/C25H32N6O/c1-16-9-10-19-15-31(26-4)23(13-20(19)18(16)3)25(11-12-30-14-17(2)28-29-30)21-7-5-6-8-22(21)27-24(25)32/h5-8,14,16,18-20,23H,9-13,15H2,1-3H3,(H,27,32)/t16-,18-,19-,20+,23-,25-/m0/s1. The van der Waals surface area contributed by atoms with Crippen molar-refractivity contribution in [3.8, 4) is 0 Å². The first-order valence-electron chi connectivity index (χ1n) is 11.9. The van der Waals surface area contributed by atoms with Gasteiger partial charge in [-0.05, 0) is 61.5 Å². The number of carbonyl (C=O) groups is 1. The number of para-hydroxylation sites is 1. The SMILES string of the molecule is [C-]#[N+]N1C[C@@H]2CC[C@H](C)[C@H](C)[C@H]2C[C@H]1[C@@]1(CCn2cc(C)nn2)C(=O)Nc2ccccc21. The maximum Gasteiger partial charge on any atom is 0.237 e. The summed E-state index contributed by atoms with van der Waals surface area (Å²) >= 11 is 0. The van der Waals surface area contributed by atoms with Gasteiger partial charge in [0.1, 0.15) is 11.5 Å². The second kappa shape index (κ2) is 7.91. The topological polar surface area (TPSA) is 67.4 Å². The number of hydrogen-bond acceptors (Lipinski definition) is 4. The van der Waals surface area contributed by atoms with Crippen LogP contribution in [0.25, 0.3) is 4.95 Å². The van der Waals surface area contributed by atoms with Crippen molar-refractivity contribution in [1.82, 2.24) is 20.0 Å². The van der Waals surface area contributed by atoms with Gasteiger partial charge in [0.25, 0.3) is 0 Å². The van der Waals surface area contributed by atoms with Gasteiger partial charge < -0.3 is 5.32 Å². The Morgan fingerprint density at radius 3 is 2.84 bits per heavy atom. The van der Waals surface area contributed by atoms with E-state index in [0.29, 0.717) is 36.6 Å². The van der Waals surface area contributed by atoms with Crippen LogP contribution in [0, 0.1) is 37.2 Å². The molecule has 2 aliphatic heterocycles. The molecule has 2 aromatic rings. The first kappa shape index (κ1) is 21.0. The summed E-state index contributed by atoms with van der Waals surface area (Å²) in [6.45, 7) is 16.0. The summed E-state index contributed by atoms with van der Waals surface area (Å²) in [5, 5.41) is 13.4. The zero-order valence-corrected chi connectivity index (χ0v) is 19.2. The van der Waals surface area contributed by atoms with E-state index in [4.69, 9.17) is 6.57 Å². The maximum atomic E-state index is 13.8. The number of nitrogens with zero attached hydrogens (tertiary/aromatic N) is 5. The lowest BCUT2D eigenvalue weighted by molar-refractivity contribution is -0.126. The molecule has 7 heteroatoms. The number of amides is 1. The Bertz CT molecular complexity index is 1060. The lowest BCUT2D eigenvalue weighted by Crippen LogP contribution is -2.59. The van der Waals surface area contributed by atoms with Crippen LogP contribution in [0.1, 0.15) is 50.8 Å². The van der Waals surface area contributed by atoms with E-state index >= 15 is 0 Å². The molecule has 168 valence electrons. The number of carbonyl (C=O) groups excluding carboxylic acids is 1. The van der Waals surface area contributed by atoms with E-state index in [2.05, 4.69) is 40.5 Å². The minimum atomic E-state index is -0.771. The molecule has 0 radical (unpaired) electrons. The molecule has 1 aliphatic carbocycles. The Morgan fingerprint density at radius 2 is 2.09 bits per heavy atom. The van der Waals surface area contributed by atoms with E-state index in [0.717, 1.165) is 29.9 Å². The molecule has 1 saturated carbocycles. The van der Waals surface area contributed by atoms with Crippen LogP contribution >= 0.6 is 0 Å². The lowest BCUT2D eigenvalue weighted by atomic mass is 9.59. The first-order chi connectivity index (χ1) is 15.4. The van der Waals surface area contributed by atoms with Crippen molar-refractivity contribution < 1.29 is 4.79 Å². The first-order valence-corrected chi connectivity index (χ1v) is 11.9. The van der Waals surface area contributed by atoms with Crippen LogP contribution in [0.4, 0.5) is 5.69 Å². The number of piperidine rings is 1. The molecule has 1 saturated heterocycles. The van der Waals surface area contributed by atoms with E-state index in [1.165, 1.54) is 12.8 Å². The number of nitrogens with one attached hydrogen (secondary N) is 1. The average molecular weight is 433 g/mol. The van der Waals surface area contributed by atoms with Crippen molar-refractivity contribution in [2.75, 3.05) is 11.9 Å². The number of aromatic nitrogens is 3. The van der Waals surface area contributed by atoms with Gasteiger partial charge in [0.2, 0.25) is 5.91 Å². The number of hydrogen-bond donors (Lipinski definition) is 1. The molecule has 0 unspecified atom stereocenters. The van der Waals surface area contributed by atoms with Gasteiger partial charge in [-0.1, -0.05) is 43.7 Å². The molecule has 0 spiro atoms. The molecule has 0 bridgehead atoms. The second-order valence-electron chi connectivity index (χ2n) is 10.2. The van der Waals surface area contributed by atoms with Crippen molar-refractivity contribution in [3.05, 3.63) is 53.2 Å². The third-order valence-corrected chi connectivity index (χ3v) is 8.59. The van der Waals surface area contributed by atoms with Crippen molar-refractivity contribution in [2.45, 2.75) is 64.5 Å². The molecule has 3 heterocycles. The zero-order valence-electron chi connectivity index (χ0n) is 19.2. The number of fused-ring (bicyclic) bond motifs is 2. The molecule has 1 amide bonds. The minimum absolute atomic E-state index is 0.0177. The number of anilines is 1. The van der Waals surface area contributed by atoms with Crippen molar-refractivity contribution in [1.29, 1.82) is 0 Å². The van der Waals surface area contributed by atoms with Crippen molar-refractivity contribution >= 4 is 11.6 Å². The highest BCUT2D eigenvalue weighted by atomic mass is 16.2. The van der Waals surface area contributed by atoms with Crippen LogP contribution < -0.4 is 5.32 Å². The largest absolute Gasteiger partial charge is 0.325 e. The third kappa shape index (κ3) is 3.19. The fourth-order valence-electron chi connectivity index (χ4n) is 6.63. The smallest absolute Gasteiger partial charge is 0.237 e. The van der Waals surface area contributed by atoms with Crippen LogP contribution in [0.3, 0.4) is 0 Å². The molecule has 1 aromatic carbocycles. The molecule has 2 fully saturated rings. The van der Waals surface area contributed by atoms with Crippen molar-refractivity contribution in [3.63, 3.8) is 0 Å². The van der Waals surface area contributed by atoms with Gasteiger partial charge >= 0.3 is 0 Å². The molecule has 32 heavy (non-hydrogen) atoms. The van der Waals surface area contributed by atoms with E-state index in [9.17, 15) is 4.79 Å². The van der Waals surface area contributed by atoms with E-state index in [1.807, 2.05) is 41.0 Å². The predicted octanol–water partition coefficient (Wildman–Crippen LogP) is 4.07. The fraction of sp³-hybridized carbons (Fsp3) is 0.600. The summed E-state index contributed by atoms with van der Waals surface area (Å²) in [6, 6.07) is 7.87. The Balaban J connectivity index is 1.56. The van der Waals surface area contributed by atoms with E-state index in [1.54, 1.807) is 0 Å². The summed E-state index contributed by atoms with van der Waals surface area (Å²) in [4.78, 5) is 17.7. The molecular formula is C25H32N6O. The summed E-state index contributed by atoms with van der Waals surface area (Å²) < 4.78 is 1.82. The Labute approximate surface area is 190 Å². The summed E-state index contributed by atoms with van der Waals surface area (Å²) in [6.07, 6.45) is 5.82. The van der Waals surface area contributed by atoms with Gasteiger partial charge in [-0.15, -0.1) is 10.1 Å². The highest BCUT2D eigenvalue weighted by Gasteiger charge is 2.59. The van der Waals surface area contributed by atoms with E-state index < -0.39 is 5.41 Å². The molecule has 5 rings (SSSR count). The van der Waals surface area contributed by atoms with Crippen LogP contribution in [-0.4, -0.2) is 38.5 Å². The van der Waals surface area contributed by atoms with Crippen LogP contribution in [0.2, 0.25) is 0 Å². The molecule has 1 N–H and O–H groups in total. The Kier molecular flexibility index (Phi) is 5.19. The molecule has 6 atom stereocenters. The summed E-state index contributed by atoms with van der Waals surface area (Å²) in [5.74, 6) is 2.41. The van der Waals surface area contributed by atoms with Gasteiger partial charge in [0.05, 0.1) is 12.2 Å². The van der Waals surface area contributed by atoms with Gasteiger partial charge in [0.15, 0.2) is 0 Å².